The van der Waals surface area contributed by atoms with Gasteiger partial charge in [-0.05, 0) is 48.2 Å². The number of alkyl halides is 5. The number of ether oxygens (including phenoxy) is 1. The van der Waals surface area contributed by atoms with Crippen molar-refractivity contribution < 1.29 is 31.5 Å². The fraction of sp³-hybridized carbons (Fsp3) is 0.133. The molecule has 0 radical (unpaired) electrons. The molecule has 0 heterocycles. The smallest absolute Gasteiger partial charge is 0.433 e. The molecule has 0 aliphatic carbocycles. The highest BCUT2D eigenvalue weighted by Crippen LogP contribution is 2.36. The number of carbonyl (C=O) groups excluding carboxylic acids is 1. The van der Waals surface area contributed by atoms with Crippen molar-refractivity contribution in [3.8, 4) is 5.75 Å². The van der Waals surface area contributed by atoms with Gasteiger partial charge in [-0.1, -0.05) is 12.1 Å². The van der Waals surface area contributed by atoms with E-state index in [0.29, 0.717) is 0 Å². The van der Waals surface area contributed by atoms with Crippen LogP contribution in [0.5, 0.6) is 5.75 Å². The van der Waals surface area contributed by atoms with Crippen molar-refractivity contribution in [1.82, 2.24) is 0 Å². The summed E-state index contributed by atoms with van der Waals surface area (Å²) in [5, 5.41) is 2.37. The summed E-state index contributed by atoms with van der Waals surface area (Å²) in [5.41, 5.74) is -4.32. The molecule has 0 aliphatic heterocycles. The van der Waals surface area contributed by atoms with E-state index in [1.54, 1.807) is 0 Å². The van der Waals surface area contributed by atoms with Crippen molar-refractivity contribution in [2.75, 3.05) is 5.32 Å². The second-order valence-electron chi connectivity index (χ2n) is 4.40. The number of rotatable bonds is 5. The molecule has 128 valence electrons. The molecular weight excluding hydrogens is 353 g/mol. The summed E-state index contributed by atoms with van der Waals surface area (Å²) in [4.78, 5) is 12.0. The molecule has 0 saturated carbocycles. The zero-order valence-corrected chi connectivity index (χ0v) is 12.6. The highest BCUT2D eigenvalue weighted by atomic mass is 32.2. The standard InChI is InChI=1S/C15H10F5NO2S/c16-14(17)23-12-4-2-1-3-11(12)21-13(22)9-5-7-10(8-6-9)24-15(18,19)20/h1-8,14H,(H,21,22). The van der Waals surface area contributed by atoms with Gasteiger partial charge in [0.1, 0.15) is 5.75 Å². The number of hydrogen-bond acceptors (Lipinski definition) is 3. The third-order valence-electron chi connectivity index (χ3n) is 2.70. The van der Waals surface area contributed by atoms with E-state index in [2.05, 4.69) is 10.1 Å². The summed E-state index contributed by atoms with van der Waals surface area (Å²) in [7, 11) is 0. The van der Waals surface area contributed by atoms with Gasteiger partial charge in [-0.2, -0.15) is 22.0 Å². The summed E-state index contributed by atoms with van der Waals surface area (Å²) in [5.74, 6) is -0.881. The van der Waals surface area contributed by atoms with Gasteiger partial charge < -0.3 is 10.1 Å². The van der Waals surface area contributed by atoms with Crippen LogP contribution < -0.4 is 10.1 Å². The van der Waals surface area contributed by atoms with Crippen molar-refractivity contribution in [3.05, 3.63) is 54.1 Å². The maximum Gasteiger partial charge on any atom is 0.446 e. The van der Waals surface area contributed by atoms with Gasteiger partial charge in [-0.25, -0.2) is 0 Å². The molecule has 0 spiro atoms. The maximum atomic E-state index is 12.3. The van der Waals surface area contributed by atoms with Crippen LogP contribution in [0.25, 0.3) is 0 Å². The predicted molar refractivity (Wildman–Crippen MR) is 79.4 cm³/mol. The van der Waals surface area contributed by atoms with E-state index < -0.39 is 18.0 Å². The average molecular weight is 363 g/mol. The van der Waals surface area contributed by atoms with Crippen LogP contribution in [0, 0.1) is 0 Å². The minimum absolute atomic E-state index is 0.0246. The molecule has 0 aromatic heterocycles. The zero-order chi connectivity index (χ0) is 17.7. The lowest BCUT2D eigenvalue weighted by atomic mass is 10.2. The van der Waals surface area contributed by atoms with Gasteiger partial charge in [-0.15, -0.1) is 0 Å². The van der Waals surface area contributed by atoms with Gasteiger partial charge in [0.2, 0.25) is 0 Å². The van der Waals surface area contributed by atoms with Gasteiger partial charge in [0, 0.05) is 10.5 Å². The molecule has 2 aromatic rings. The van der Waals surface area contributed by atoms with Crippen LogP contribution in [0.3, 0.4) is 0 Å². The first-order valence-electron chi connectivity index (χ1n) is 6.45. The maximum absolute atomic E-state index is 12.3. The Hall–Kier alpha value is -2.29. The molecule has 24 heavy (non-hydrogen) atoms. The van der Waals surface area contributed by atoms with Gasteiger partial charge >= 0.3 is 12.1 Å². The Morgan fingerprint density at radius 1 is 1.04 bits per heavy atom. The number of anilines is 1. The number of amides is 1. The first-order valence-corrected chi connectivity index (χ1v) is 7.27. The fourth-order valence-corrected chi connectivity index (χ4v) is 2.31. The molecule has 1 N–H and O–H groups in total. The van der Waals surface area contributed by atoms with E-state index in [4.69, 9.17) is 0 Å². The zero-order valence-electron chi connectivity index (χ0n) is 11.8. The van der Waals surface area contributed by atoms with E-state index in [-0.39, 0.29) is 33.7 Å². The van der Waals surface area contributed by atoms with E-state index in [1.165, 1.54) is 36.4 Å². The van der Waals surface area contributed by atoms with Crippen molar-refractivity contribution in [2.24, 2.45) is 0 Å². The van der Waals surface area contributed by atoms with Crippen LogP contribution in [0.4, 0.5) is 27.6 Å². The number of nitrogens with one attached hydrogen (secondary N) is 1. The van der Waals surface area contributed by atoms with Crippen molar-refractivity contribution in [2.45, 2.75) is 17.0 Å². The first-order chi connectivity index (χ1) is 11.2. The number of para-hydroxylation sites is 2. The molecule has 1 amide bonds. The molecule has 0 atom stereocenters. The molecule has 0 bridgehead atoms. The summed E-state index contributed by atoms with van der Waals surface area (Å²) >= 11 is -0.301. The molecular formula is C15H10F5NO2S. The summed E-state index contributed by atoms with van der Waals surface area (Å²) in [6, 6.07) is 10.3. The number of thioether (sulfide) groups is 1. The minimum Gasteiger partial charge on any atom is -0.433 e. The van der Waals surface area contributed by atoms with Gasteiger partial charge in [-0.3, -0.25) is 4.79 Å². The quantitative estimate of drug-likeness (QED) is 0.590. The Bertz CT molecular complexity index is 704. The van der Waals surface area contributed by atoms with Gasteiger partial charge in [0.15, 0.2) is 0 Å². The molecule has 3 nitrogen and oxygen atoms in total. The Labute approximate surface area is 137 Å². The number of halogens is 5. The Morgan fingerprint density at radius 2 is 1.67 bits per heavy atom. The SMILES string of the molecule is O=C(Nc1ccccc1OC(F)F)c1ccc(SC(F)(F)F)cc1. The van der Waals surface area contributed by atoms with Crippen molar-refractivity contribution in [1.29, 1.82) is 0 Å². The Morgan fingerprint density at radius 3 is 2.25 bits per heavy atom. The predicted octanol–water partition coefficient (Wildman–Crippen LogP) is 5.15. The number of carbonyl (C=O) groups is 1. The highest BCUT2D eigenvalue weighted by Gasteiger charge is 2.29. The van der Waals surface area contributed by atoms with E-state index in [9.17, 15) is 26.7 Å². The number of benzene rings is 2. The van der Waals surface area contributed by atoms with Gasteiger partial charge in [0.25, 0.3) is 5.91 Å². The number of hydrogen-bond donors (Lipinski definition) is 1. The first kappa shape index (κ1) is 18.1. The van der Waals surface area contributed by atoms with Crippen molar-refractivity contribution >= 4 is 23.4 Å². The average Bonchev–Trinajstić information content (AvgIpc) is 2.48. The summed E-state index contributed by atoms with van der Waals surface area (Å²) in [6.45, 7) is -3.05. The van der Waals surface area contributed by atoms with Crippen LogP contribution in [0.2, 0.25) is 0 Å². The summed E-state index contributed by atoms with van der Waals surface area (Å²) in [6.07, 6.45) is 0. The van der Waals surface area contributed by atoms with E-state index >= 15 is 0 Å². The third kappa shape index (κ3) is 5.41. The third-order valence-corrected chi connectivity index (χ3v) is 3.44. The molecule has 9 heteroatoms. The molecule has 2 aromatic carbocycles. The van der Waals surface area contributed by atoms with Crippen LogP contribution in [-0.2, 0) is 0 Å². The molecule has 0 saturated heterocycles. The van der Waals surface area contributed by atoms with Crippen LogP contribution >= 0.6 is 11.8 Å². The normalized spacial score (nSPS) is 11.4. The van der Waals surface area contributed by atoms with Crippen LogP contribution in [0.1, 0.15) is 10.4 Å². The topological polar surface area (TPSA) is 38.3 Å². The van der Waals surface area contributed by atoms with Gasteiger partial charge in [0.05, 0.1) is 5.69 Å². The second kappa shape index (κ2) is 7.52. The summed E-state index contributed by atoms with van der Waals surface area (Å²) < 4.78 is 65.6. The lowest BCUT2D eigenvalue weighted by molar-refractivity contribution is -0.0494. The van der Waals surface area contributed by atoms with Crippen LogP contribution in [-0.4, -0.2) is 18.0 Å². The fourth-order valence-electron chi connectivity index (χ4n) is 1.77. The van der Waals surface area contributed by atoms with E-state index in [0.717, 1.165) is 12.1 Å². The lowest BCUT2D eigenvalue weighted by Gasteiger charge is -2.12. The second-order valence-corrected chi connectivity index (χ2v) is 5.54. The monoisotopic (exact) mass is 363 g/mol. The van der Waals surface area contributed by atoms with Crippen LogP contribution in [0.15, 0.2) is 53.4 Å². The molecule has 0 unspecified atom stereocenters. The Balaban J connectivity index is 2.10. The van der Waals surface area contributed by atoms with Crippen molar-refractivity contribution in [3.63, 3.8) is 0 Å². The molecule has 0 fully saturated rings. The van der Waals surface area contributed by atoms with E-state index in [1.807, 2.05) is 0 Å². The highest BCUT2D eigenvalue weighted by molar-refractivity contribution is 8.00. The lowest BCUT2D eigenvalue weighted by Crippen LogP contribution is -2.13. The largest absolute Gasteiger partial charge is 0.446 e. The minimum atomic E-state index is -4.42. The molecule has 0 aliphatic rings. The Kier molecular flexibility index (Phi) is 5.66. The molecule has 2 rings (SSSR count).